The molecule has 0 aliphatic rings. The molecule has 1 aromatic rings. The van der Waals surface area contributed by atoms with Gasteiger partial charge in [-0.3, -0.25) is 4.90 Å². The van der Waals surface area contributed by atoms with Crippen molar-refractivity contribution in [3.05, 3.63) is 27.8 Å². The summed E-state index contributed by atoms with van der Waals surface area (Å²) in [5.41, 5.74) is -0.701. The van der Waals surface area contributed by atoms with E-state index in [1.165, 1.54) is 7.05 Å². The van der Waals surface area contributed by atoms with E-state index in [4.69, 9.17) is 27.9 Å². The average Bonchev–Trinajstić information content (AvgIpc) is 2.34. The summed E-state index contributed by atoms with van der Waals surface area (Å²) in [6, 6.07) is -0.163. The average molecular weight is 337 g/mol. The number of carbonyl (C=O) groups is 2. The molecule has 5 nitrogen and oxygen atoms in total. The van der Waals surface area contributed by atoms with Crippen molar-refractivity contribution in [2.75, 3.05) is 7.05 Å². The Morgan fingerprint density at radius 3 is 2.48 bits per heavy atom. The van der Waals surface area contributed by atoms with Gasteiger partial charge in [0.15, 0.2) is 11.0 Å². The Hall–Kier alpha value is -1.40. The molecule has 0 saturated carbocycles. The normalized spacial score (nSPS) is 12.7. The lowest BCUT2D eigenvalue weighted by atomic mass is 10.1. The minimum absolute atomic E-state index is 0.0296. The van der Waals surface area contributed by atoms with Crippen LogP contribution in [0.1, 0.15) is 32.4 Å². The highest BCUT2D eigenvalue weighted by Gasteiger charge is 2.28. The van der Waals surface area contributed by atoms with Gasteiger partial charge in [0, 0.05) is 12.6 Å². The fourth-order valence-corrected chi connectivity index (χ4v) is 1.92. The highest BCUT2D eigenvalue weighted by Crippen LogP contribution is 2.28. The number of ether oxygens (including phenoxy) is 1. The molecule has 0 aromatic carbocycles. The van der Waals surface area contributed by atoms with Crippen LogP contribution in [0.25, 0.3) is 0 Å². The van der Waals surface area contributed by atoms with Gasteiger partial charge in [0.25, 0.3) is 0 Å². The van der Waals surface area contributed by atoms with Crippen molar-refractivity contribution in [2.24, 2.45) is 0 Å². The number of hydrogen-bond acceptors (Lipinski definition) is 4. The molecular formula is C13H15Cl2FN2O3. The number of halogens is 3. The first-order chi connectivity index (χ1) is 9.56. The maximum Gasteiger partial charge on any atom is 0.410 e. The van der Waals surface area contributed by atoms with Crippen LogP contribution < -0.4 is 0 Å². The van der Waals surface area contributed by atoms with Crippen LogP contribution in [-0.4, -0.2) is 34.9 Å². The van der Waals surface area contributed by atoms with Crippen molar-refractivity contribution in [2.45, 2.75) is 32.4 Å². The number of likely N-dealkylation sites (N-methyl/N-ethyl adjacent to an activating group) is 1. The van der Waals surface area contributed by atoms with Crippen molar-refractivity contribution in [3.8, 4) is 0 Å². The van der Waals surface area contributed by atoms with E-state index >= 15 is 0 Å². The summed E-state index contributed by atoms with van der Waals surface area (Å²) in [6.07, 6.45) is -0.300. The highest BCUT2D eigenvalue weighted by atomic mass is 35.5. The number of aromatic nitrogens is 1. The van der Waals surface area contributed by atoms with Gasteiger partial charge in [-0.1, -0.05) is 23.2 Å². The molecule has 0 N–H and O–H groups in total. The lowest BCUT2D eigenvalue weighted by molar-refractivity contribution is -0.112. The lowest BCUT2D eigenvalue weighted by Crippen LogP contribution is -2.37. The van der Waals surface area contributed by atoms with Crippen molar-refractivity contribution in [1.82, 2.24) is 9.88 Å². The van der Waals surface area contributed by atoms with E-state index < -0.39 is 28.7 Å². The summed E-state index contributed by atoms with van der Waals surface area (Å²) in [5, 5.41) is -0.567. The number of amides is 1. The molecule has 1 unspecified atom stereocenters. The van der Waals surface area contributed by atoms with E-state index in [0.717, 1.165) is 11.0 Å². The van der Waals surface area contributed by atoms with E-state index in [-0.39, 0.29) is 10.7 Å². The molecule has 1 atom stereocenters. The molecular weight excluding hydrogens is 322 g/mol. The minimum atomic E-state index is -1.13. The molecule has 0 aliphatic carbocycles. The maximum atomic E-state index is 13.5. The summed E-state index contributed by atoms with van der Waals surface area (Å²) in [6.45, 7) is 5.06. The van der Waals surface area contributed by atoms with Crippen LogP contribution >= 0.6 is 23.2 Å². The van der Waals surface area contributed by atoms with Crippen molar-refractivity contribution in [1.29, 1.82) is 0 Å². The van der Waals surface area contributed by atoms with Crippen LogP contribution in [0, 0.1) is 5.82 Å². The monoisotopic (exact) mass is 336 g/mol. The smallest absolute Gasteiger partial charge is 0.410 e. The van der Waals surface area contributed by atoms with Crippen molar-refractivity contribution >= 4 is 35.6 Å². The summed E-state index contributed by atoms with van der Waals surface area (Å²) in [5.74, 6) is -0.833. The van der Waals surface area contributed by atoms with Gasteiger partial charge in [-0.2, -0.15) is 0 Å². The minimum Gasteiger partial charge on any atom is -0.444 e. The summed E-state index contributed by atoms with van der Waals surface area (Å²) in [4.78, 5) is 27.8. The lowest BCUT2D eigenvalue weighted by Gasteiger charge is -2.28. The van der Waals surface area contributed by atoms with Crippen molar-refractivity contribution in [3.63, 3.8) is 0 Å². The summed E-state index contributed by atoms with van der Waals surface area (Å²) in [7, 11) is 1.34. The molecule has 0 spiro atoms. The third-order valence-electron chi connectivity index (χ3n) is 2.46. The predicted molar refractivity (Wildman–Crippen MR) is 77.0 cm³/mol. The SMILES string of the molecule is CN(C(=O)OC(C)(C)C)C(C=O)c1cc(F)c(Cl)nc1Cl. The quantitative estimate of drug-likeness (QED) is 0.624. The van der Waals surface area contributed by atoms with Gasteiger partial charge in [-0.15, -0.1) is 0 Å². The molecule has 0 saturated heterocycles. The van der Waals surface area contributed by atoms with Gasteiger partial charge in [0.2, 0.25) is 0 Å². The van der Waals surface area contributed by atoms with Gasteiger partial charge < -0.3 is 9.53 Å². The van der Waals surface area contributed by atoms with Crippen LogP contribution in [0.4, 0.5) is 9.18 Å². The molecule has 116 valence electrons. The standard InChI is InChI=1S/C13H15Cl2FN2O3/c1-13(2,3)21-12(20)18(4)9(6-19)7-5-8(16)11(15)17-10(7)14/h5-6,9H,1-4H3. The Labute approximate surface area is 132 Å². The molecule has 21 heavy (non-hydrogen) atoms. The van der Waals surface area contributed by atoms with E-state index in [0.29, 0.717) is 6.29 Å². The second-order valence-electron chi connectivity index (χ2n) is 5.31. The zero-order valence-corrected chi connectivity index (χ0v) is 13.5. The second-order valence-corrected chi connectivity index (χ2v) is 6.03. The molecule has 1 rings (SSSR count). The number of carbonyl (C=O) groups excluding carboxylic acids is 2. The third-order valence-corrected chi connectivity index (χ3v) is 3.03. The molecule has 0 bridgehead atoms. The number of aldehydes is 1. The number of rotatable bonds is 3. The van der Waals surface area contributed by atoms with Gasteiger partial charge in [-0.05, 0) is 26.8 Å². The molecule has 0 aliphatic heterocycles. The Bertz CT molecular complexity index is 561. The second kappa shape index (κ2) is 6.58. The van der Waals surface area contributed by atoms with E-state index in [2.05, 4.69) is 4.98 Å². The van der Waals surface area contributed by atoms with Crippen LogP contribution in [0.3, 0.4) is 0 Å². The van der Waals surface area contributed by atoms with Gasteiger partial charge in [-0.25, -0.2) is 14.2 Å². The number of pyridine rings is 1. The zero-order valence-electron chi connectivity index (χ0n) is 12.0. The Morgan fingerprint density at radius 2 is 2.00 bits per heavy atom. The molecule has 0 fully saturated rings. The maximum absolute atomic E-state index is 13.5. The van der Waals surface area contributed by atoms with Crippen LogP contribution in [0.15, 0.2) is 6.07 Å². The number of hydrogen-bond donors (Lipinski definition) is 0. The fourth-order valence-electron chi connectivity index (χ4n) is 1.49. The summed E-state index contributed by atoms with van der Waals surface area (Å²) >= 11 is 11.4. The van der Waals surface area contributed by atoms with E-state index in [9.17, 15) is 14.0 Å². The first kappa shape index (κ1) is 17.7. The molecule has 0 radical (unpaired) electrons. The molecule has 1 aromatic heterocycles. The zero-order chi connectivity index (χ0) is 16.4. The van der Waals surface area contributed by atoms with Crippen LogP contribution in [-0.2, 0) is 9.53 Å². The van der Waals surface area contributed by atoms with Gasteiger partial charge >= 0.3 is 6.09 Å². The Balaban J connectivity index is 3.11. The number of nitrogens with zero attached hydrogens (tertiary/aromatic N) is 2. The topological polar surface area (TPSA) is 59.5 Å². The third kappa shape index (κ3) is 4.54. The fraction of sp³-hybridized carbons (Fsp3) is 0.462. The van der Waals surface area contributed by atoms with Crippen LogP contribution in [0.5, 0.6) is 0 Å². The Morgan fingerprint density at radius 1 is 1.43 bits per heavy atom. The molecule has 8 heteroatoms. The summed E-state index contributed by atoms with van der Waals surface area (Å²) < 4.78 is 18.6. The Kier molecular flexibility index (Phi) is 5.53. The largest absolute Gasteiger partial charge is 0.444 e. The first-order valence-corrected chi connectivity index (χ1v) is 6.75. The molecule has 1 heterocycles. The van der Waals surface area contributed by atoms with Crippen molar-refractivity contribution < 1.29 is 18.7 Å². The predicted octanol–water partition coefficient (Wildman–Crippen LogP) is 3.63. The van der Waals surface area contributed by atoms with Gasteiger partial charge in [0.1, 0.15) is 23.1 Å². The van der Waals surface area contributed by atoms with Crippen LogP contribution in [0.2, 0.25) is 10.3 Å². The highest BCUT2D eigenvalue weighted by molar-refractivity contribution is 6.33. The van der Waals surface area contributed by atoms with E-state index in [1.807, 2.05) is 0 Å². The molecule has 1 amide bonds. The first-order valence-electron chi connectivity index (χ1n) is 5.99. The van der Waals surface area contributed by atoms with Gasteiger partial charge in [0.05, 0.1) is 0 Å². The van der Waals surface area contributed by atoms with E-state index in [1.54, 1.807) is 20.8 Å².